The Morgan fingerprint density at radius 3 is 2.22 bits per heavy atom. The molecule has 0 spiro atoms. The molecule has 0 saturated heterocycles. The molecule has 0 amide bonds. The number of hydrogen-bond acceptors (Lipinski definition) is 3. The van der Waals surface area contributed by atoms with Crippen LogP contribution in [0.1, 0.15) is 21.5 Å². The van der Waals surface area contributed by atoms with Crippen LogP contribution in [0, 0.1) is 6.92 Å². The number of aryl methyl sites for hydroxylation is 1. The molecule has 27 heavy (non-hydrogen) atoms. The van der Waals surface area contributed by atoms with Gasteiger partial charge in [-0.05, 0) is 54.0 Å². The molecule has 0 aliphatic carbocycles. The van der Waals surface area contributed by atoms with Gasteiger partial charge in [-0.1, -0.05) is 54.1 Å². The molecule has 0 aliphatic rings. The van der Waals surface area contributed by atoms with Crippen LogP contribution in [0.3, 0.4) is 0 Å². The lowest BCUT2D eigenvalue weighted by Crippen LogP contribution is -2.04. The maximum Gasteiger partial charge on any atom is 0.336 e. The van der Waals surface area contributed by atoms with Crippen LogP contribution in [0.5, 0.6) is 5.75 Å². The van der Waals surface area contributed by atoms with Crippen LogP contribution in [0.25, 0.3) is 17.2 Å². The van der Waals surface area contributed by atoms with Gasteiger partial charge in [0.25, 0.3) is 0 Å². The van der Waals surface area contributed by atoms with Crippen LogP contribution in [0.15, 0.2) is 78.9 Å². The van der Waals surface area contributed by atoms with Gasteiger partial charge in [0.2, 0.25) is 0 Å². The Labute approximate surface area is 157 Å². The van der Waals surface area contributed by atoms with Gasteiger partial charge in [0.15, 0.2) is 0 Å². The number of carbonyl (C=O) groups excluding carboxylic acids is 1. The zero-order valence-corrected chi connectivity index (χ0v) is 14.8. The molecule has 0 unspecified atom stereocenters. The van der Waals surface area contributed by atoms with Crippen molar-refractivity contribution in [1.82, 2.24) is 0 Å². The Morgan fingerprint density at radius 2 is 1.56 bits per heavy atom. The lowest BCUT2D eigenvalue weighted by Gasteiger charge is -2.07. The van der Waals surface area contributed by atoms with Gasteiger partial charge in [-0.3, -0.25) is 0 Å². The molecule has 3 rings (SSSR count). The third-order valence-corrected chi connectivity index (χ3v) is 4.04. The van der Waals surface area contributed by atoms with Gasteiger partial charge >= 0.3 is 11.9 Å². The van der Waals surface area contributed by atoms with Gasteiger partial charge in [-0.2, -0.15) is 0 Å². The molecule has 1 N–H and O–H groups in total. The summed E-state index contributed by atoms with van der Waals surface area (Å²) in [6.07, 6.45) is 3.07. The van der Waals surface area contributed by atoms with E-state index in [2.05, 4.69) is 0 Å². The highest BCUT2D eigenvalue weighted by Crippen LogP contribution is 2.25. The summed E-state index contributed by atoms with van der Waals surface area (Å²) in [6, 6.07) is 21.7. The minimum Gasteiger partial charge on any atom is -0.478 e. The molecule has 0 fully saturated rings. The molecule has 0 heterocycles. The Morgan fingerprint density at radius 1 is 0.889 bits per heavy atom. The van der Waals surface area contributed by atoms with Crippen molar-refractivity contribution in [2.24, 2.45) is 0 Å². The fourth-order valence-corrected chi connectivity index (χ4v) is 2.61. The highest BCUT2D eigenvalue weighted by molar-refractivity contribution is 5.91. The van der Waals surface area contributed by atoms with Gasteiger partial charge in [0.1, 0.15) is 5.75 Å². The molecule has 3 aromatic carbocycles. The van der Waals surface area contributed by atoms with Gasteiger partial charge in [-0.25, -0.2) is 9.59 Å². The van der Waals surface area contributed by atoms with Crippen molar-refractivity contribution in [2.45, 2.75) is 6.92 Å². The van der Waals surface area contributed by atoms with Crippen LogP contribution in [-0.4, -0.2) is 17.0 Å². The highest BCUT2D eigenvalue weighted by Gasteiger charge is 2.06. The highest BCUT2D eigenvalue weighted by atomic mass is 16.5. The van der Waals surface area contributed by atoms with E-state index in [4.69, 9.17) is 9.84 Å². The summed E-state index contributed by atoms with van der Waals surface area (Å²) in [6.45, 7) is 2.04. The van der Waals surface area contributed by atoms with E-state index in [0.717, 1.165) is 16.7 Å². The minimum absolute atomic E-state index is 0.136. The molecule has 0 aliphatic heterocycles. The fraction of sp³-hybridized carbons (Fsp3) is 0.0435. The second-order valence-corrected chi connectivity index (χ2v) is 6.04. The number of aromatic carboxylic acids is 1. The third-order valence-electron chi connectivity index (χ3n) is 4.04. The van der Waals surface area contributed by atoms with Crippen LogP contribution < -0.4 is 4.74 Å². The summed E-state index contributed by atoms with van der Waals surface area (Å²) < 4.78 is 5.21. The second kappa shape index (κ2) is 8.15. The number of carboxylic acid groups (broad SMARTS) is 1. The van der Waals surface area contributed by atoms with Crippen molar-refractivity contribution in [3.05, 3.63) is 95.6 Å². The molecule has 134 valence electrons. The SMILES string of the molecule is Cc1ccc(-c2ccccc2/C=C/C(=O)Oc2ccc(C(=O)O)cc2)cc1. The average molecular weight is 358 g/mol. The Hall–Kier alpha value is -3.66. The van der Waals surface area contributed by atoms with E-state index in [1.165, 1.54) is 35.9 Å². The van der Waals surface area contributed by atoms with Crippen molar-refractivity contribution in [3.8, 4) is 16.9 Å². The maximum atomic E-state index is 12.1. The number of rotatable bonds is 5. The largest absolute Gasteiger partial charge is 0.478 e. The average Bonchev–Trinajstić information content (AvgIpc) is 2.68. The zero-order chi connectivity index (χ0) is 19.2. The summed E-state index contributed by atoms with van der Waals surface area (Å²) >= 11 is 0. The van der Waals surface area contributed by atoms with Gasteiger partial charge < -0.3 is 9.84 Å². The molecule has 0 atom stereocenters. The summed E-state index contributed by atoms with van der Waals surface area (Å²) in [5.41, 5.74) is 4.31. The smallest absolute Gasteiger partial charge is 0.336 e. The first kappa shape index (κ1) is 18.1. The van der Waals surface area contributed by atoms with Crippen LogP contribution >= 0.6 is 0 Å². The van der Waals surface area contributed by atoms with Crippen molar-refractivity contribution in [3.63, 3.8) is 0 Å². The molecular formula is C23H18O4. The summed E-state index contributed by atoms with van der Waals surface area (Å²) in [7, 11) is 0. The number of carboxylic acids is 1. The molecule has 0 saturated carbocycles. The summed E-state index contributed by atoms with van der Waals surface area (Å²) in [5, 5.41) is 8.88. The first-order chi connectivity index (χ1) is 13.0. The summed E-state index contributed by atoms with van der Waals surface area (Å²) in [5.74, 6) is -1.27. The fourth-order valence-electron chi connectivity index (χ4n) is 2.61. The monoisotopic (exact) mass is 358 g/mol. The predicted octanol–water partition coefficient (Wildman–Crippen LogP) is 4.98. The molecule has 4 heteroatoms. The van der Waals surface area contributed by atoms with E-state index < -0.39 is 11.9 Å². The van der Waals surface area contributed by atoms with Crippen molar-refractivity contribution >= 4 is 18.0 Å². The summed E-state index contributed by atoms with van der Waals surface area (Å²) in [4.78, 5) is 22.9. The normalized spacial score (nSPS) is 10.7. The maximum absolute atomic E-state index is 12.1. The molecule has 0 bridgehead atoms. The second-order valence-electron chi connectivity index (χ2n) is 6.04. The third kappa shape index (κ3) is 4.70. The number of ether oxygens (including phenoxy) is 1. The lowest BCUT2D eigenvalue weighted by atomic mass is 9.98. The molecule has 0 aromatic heterocycles. The number of carbonyl (C=O) groups is 2. The first-order valence-electron chi connectivity index (χ1n) is 8.42. The predicted molar refractivity (Wildman–Crippen MR) is 105 cm³/mol. The quantitative estimate of drug-likeness (QED) is 0.397. The number of esters is 1. The van der Waals surface area contributed by atoms with Crippen molar-refractivity contribution in [2.75, 3.05) is 0 Å². The van der Waals surface area contributed by atoms with E-state index >= 15 is 0 Å². The van der Waals surface area contributed by atoms with E-state index in [1.54, 1.807) is 6.08 Å². The van der Waals surface area contributed by atoms with E-state index in [-0.39, 0.29) is 5.56 Å². The molecule has 4 nitrogen and oxygen atoms in total. The van der Waals surface area contributed by atoms with E-state index in [1.807, 2.05) is 55.5 Å². The van der Waals surface area contributed by atoms with Gasteiger partial charge in [-0.15, -0.1) is 0 Å². The first-order valence-corrected chi connectivity index (χ1v) is 8.42. The van der Waals surface area contributed by atoms with Gasteiger partial charge in [0.05, 0.1) is 5.56 Å². The Kier molecular flexibility index (Phi) is 5.47. The number of hydrogen-bond donors (Lipinski definition) is 1. The van der Waals surface area contributed by atoms with Crippen molar-refractivity contribution in [1.29, 1.82) is 0 Å². The molecule has 0 radical (unpaired) electrons. The topological polar surface area (TPSA) is 63.6 Å². The van der Waals surface area contributed by atoms with E-state index in [0.29, 0.717) is 5.75 Å². The zero-order valence-electron chi connectivity index (χ0n) is 14.8. The van der Waals surface area contributed by atoms with Crippen LogP contribution in [-0.2, 0) is 4.79 Å². The van der Waals surface area contributed by atoms with Gasteiger partial charge in [0, 0.05) is 6.08 Å². The Bertz CT molecular complexity index is 984. The van der Waals surface area contributed by atoms with E-state index in [9.17, 15) is 9.59 Å². The van der Waals surface area contributed by atoms with Crippen LogP contribution in [0.2, 0.25) is 0 Å². The minimum atomic E-state index is -1.03. The molecular weight excluding hydrogens is 340 g/mol. The lowest BCUT2D eigenvalue weighted by molar-refractivity contribution is -0.128. The standard InChI is InChI=1S/C23H18O4/c1-16-6-8-18(9-7-16)21-5-3-2-4-17(21)12-15-22(24)27-20-13-10-19(11-14-20)23(25)26/h2-15H,1H3,(H,25,26)/b15-12+. The van der Waals surface area contributed by atoms with Crippen LogP contribution in [0.4, 0.5) is 0 Å². The Balaban J connectivity index is 1.75. The number of benzene rings is 3. The van der Waals surface area contributed by atoms with Crippen molar-refractivity contribution < 1.29 is 19.4 Å². The molecule has 3 aromatic rings.